The standard InChI is InChI=1S/C18H16BrF3N2O2S/c1-10(2)26-15-7-6-11(8-14(15)19)16(25)24-17(27)23-13-5-3-4-12(9-13)18(20,21)22/h3-10H,1-2H3,(H2,23,24,25,27). The van der Waals surface area contributed by atoms with Gasteiger partial charge in [0, 0.05) is 11.3 Å². The molecular formula is C18H16BrF3N2O2S. The van der Waals surface area contributed by atoms with Crippen LogP contribution in [0.2, 0.25) is 0 Å². The molecule has 2 aromatic carbocycles. The minimum atomic E-state index is -4.46. The molecular weight excluding hydrogens is 445 g/mol. The van der Waals surface area contributed by atoms with Gasteiger partial charge < -0.3 is 10.1 Å². The van der Waals surface area contributed by atoms with Gasteiger partial charge in [-0.3, -0.25) is 10.1 Å². The Morgan fingerprint density at radius 3 is 2.48 bits per heavy atom. The van der Waals surface area contributed by atoms with Gasteiger partial charge in [-0.05, 0) is 78.4 Å². The van der Waals surface area contributed by atoms with Crippen molar-refractivity contribution >= 4 is 44.9 Å². The lowest BCUT2D eigenvalue weighted by Crippen LogP contribution is -2.34. The van der Waals surface area contributed by atoms with Crippen molar-refractivity contribution < 1.29 is 22.7 Å². The third kappa shape index (κ3) is 6.21. The molecule has 2 rings (SSSR count). The molecule has 0 radical (unpaired) electrons. The molecule has 9 heteroatoms. The van der Waals surface area contributed by atoms with Crippen LogP contribution in [0.15, 0.2) is 46.9 Å². The van der Waals surface area contributed by atoms with Crippen LogP contribution in [0.25, 0.3) is 0 Å². The number of alkyl halides is 3. The van der Waals surface area contributed by atoms with Gasteiger partial charge >= 0.3 is 6.18 Å². The summed E-state index contributed by atoms with van der Waals surface area (Å²) >= 11 is 8.33. The molecule has 0 saturated heterocycles. The minimum Gasteiger partial charge on any atom is -0.490 e. The van der Waals surface area contributed by atoms with Gasteiger partial charge in [0.25, 0.3) is 5.91 Å². The number of hydrogen-bond acceptors (Lipinski definition) is 3. The lowest BCUT2D eigenvalue weighted by atomic mass is 10.2. The van der Waals surface area contributed by atoms with Gasteiger partial charge in [0.1, 0.15) is 5.75 Å². The molecule has 2 N–H and O–H groups in total. The van der Waals surface area contributed by atoms with Crippen LogP contribution in [0.4, 0.5) is 18.9 Å². The number of carbonyl (C=O) groups is 1. The molecule has 4 nitrogen and oxygen atoms in total. The second kappa shape index (κ2) is 8.71. The first-order valence-corrected chi connectivity index (χ1v) is 9.02. The van der Waals surface area contributed by atoms with E-state index in [0.29, 0.717) is 15.8 Å². The smallest absolute Gasteiger partial charge is 0.416 e. The number of amides is 1. The number of anilines is 1. The van der Waals surface area contributed by atoms with Gasteiger partial charge in [-0.2, -0.15) is 13.2 Å². The van der Waals surface area contributed by atoms with E-state index in [9.17, 15) is 18.0 Å². The van der Waals surface area contributed by atoms with Crippen LogP contribution >= 0.6 is 28.1 Å². The number of halogens is 4. The fourth-order valence-corrected chi connectivity index (χ4v) is 2.79. The predicted octanol–water partition coefficient (Wildman–Crippen LogP) is 5.38. The Hall–Kier alpha value is -2.13. The number of thiocarbonyl (C=S) groups is 1. The van der Waals surface area contributed by atoms with Crippen LogP contribution in [0, 0.1) is 0 Å². The van der Waals surface area contributed by atoms with E-state index in [4.69, 9.17) is 17.0 Å². The zero-order chi connectivity index (χ0) is 20.2. The Balaban J connectivity index is 2.04. The number of carbonyl (C=O) groups excluding carboxylic acids is 1. The summed E-state index contributed by atoms with van der Waals surface area (Å²) in [6.45, 7) is 3.76. The van der Waals surface area contributed by atoms with Crippen LogP contribution in [0.3, 0.4) is 0 Å². The van der Waals surface area contributed by atoms with E-state index in [1.807, 2.05) is 13.8 Å². The van der Waals surface area contributed by atoms with E-state index in [1.165, 1.54) is 12.1 Å². The van der Waals surface area contributed by atoms with Crippen molar-refractivity contribution in [2.75, 3.05) is 5.32 Å². The summed E-state index contributed by atoms with van der Waals surface area (Å²) in [5, 5.41) is 4.89. The second-order valence-electron chi connectivity index (χ2n) is 5.80. The van der Waals surface area contributed by atoms with Crippen LogP contribution in [0.1, 0.15) is 29.8 Å². The van der Waals surface area contributed by atoms with E-state index < -0.39 is 17.6 Å². The lowest BCUT2D eigenvalue weighted by Gasteiger charge is -2.14. The highest BCUT2D eigenvalue weighted by molar-refractivity contribution is 9.10. The Labute approximate surface area is 168 Å². The largest absolute Gasteiger partial charge is 0.490 e. The Bertz CT molecular complexity index is 857. The van der Waals surface area contributed by atoms with Crippen molar-refractivity contribution in [3.8, 4) is 5.75 Å². The summed E-state index contributed by atoms with van der Waals surface area (Å²) in [5.74, 6) is 0.0856. The first-order chi connectivity index (χ1) is 12.6. The molecule has 0 unspecified atom stereocenters. The molecule has 0 aliphatic rings. The number of benzene rings is 2. The molecule has 27 heavy (non-hydrogen) atoms. The summed E-state index contributed by atoms with van der Waals surface area (Å²) in [4.78, 5) is 12.3. The third-order valence-corrected chi connectivity index (χ3v) is 4.06. The highest BCUT2D eigenvalue weighted by Gasteiger charge is 2.30. The molecule has 0 saturated carbocycles. The molecule has 2 aromatic rings. The lowest BCUT2D eigenvalue weighted by molar-refractivity contribution is -0.137. The summed E-state index contributed by atoms with van der Waals surface area (Å²) in [5.41, 5.74) is -0.380. The van der Waals surface area contributed by atoms with Crippen molar-refractivity contribution in [2.24, 2.45) is 0 Å². The summed E-state index contributed by atoms with van der Waals surface area (Å²) in [6, 6.07) is 9.30. The minimum absolute atomic E-state index is 0.0229. The maximum Gasteiger partial charge on any atom is 0.416 e. The second-order valence-corrected chi connectivity index (χ2v) is 7.06. The quantitative estimate of drug-likeness (QED) is 0.601. The molecule has 0 heterocycles. The van der Waals surface area contributed by atoms with E-state index in [1.54, 1.807) is 18.2 Å². The van der Waals surface area contributed by atoms with Crippen molar-refractivity contribution in [3.05, 3.63) is 58.1 Å². The molecule has 0 atom stereocenters. The maximum atomic E-state index is 12.7. The van der Waals surface area contributed by atoms with Gasteiger partial charge in [0.05, 0.1) is 16.1 Å². The van der Waals surface area contributed by atoms with Crippen LogP contribution in [-0.2, 0) is 6.18 Å². The van der Waals surface area contributed by atoms with Gasteiger partial charge in [-0.15, -0.1) is 0 Å². The number of rotatable bonds is 4. The van der Waals surface area contributed by atoms with Crippen LogP contribution in [-0.4, -0.2) is 17.1 Å². The Morgan fingerprint density at radius 2 is 1.89 bits per heavy atom. The number of nitrogens with one attached hydrogen (secondary N) is 2. The molecule has 0 spiro atoms. The van der Waals surface area contributed by atoms with Crippen LogP contribution < -0.4 is 15.4 Å². The zero-order valence-electron chi connectivity index (χ0n) is 14.4. The Morgan fingerprint density at radius 1 is 1.19 bits per heavy atom. The summed E-state index contributed by atoms with van der Waals surface area (Å²) in [7, 11) is 0. The summed E-state index contributed by atoms with van der Waals surface area (Å²) in [6.07, 6.45) is -4.49. The molecule has 0 aliphatic heterocycles. The SMILES string of the molecule is CC(C)Oc1ccc(C(=O)NC(=S)Nc2cccc(C(F)(F)F)c2)cc1Br. The molecule has 0 bridgehead atoms. The van der Waals surface area contributed by atoms with E-state index in [-0.39, 0.29) is 16.9 Å². The van der Waals surface area contributed by atoms with Crippen molar-refractivity contribution in [3.63, 3.8) is 0 Å². The highest BCUT2D eigenvalue weighted by atomic mass is 79.9. The van der Waals surface area contributed by atoms with E-state index >= 15 is 0 Å². The fraction of sp³-hybridized carbons (Fsp3) is 0.222. The third-order valence-electron chi connectivity index (χ3n) is 3.23. The first kappa shape index (κ1) is 21.2. The van der Waals surface area contributed by atoms with E-state index in [2.05, 4.69) is 26.6 Å². The molecule has 144 valence electrons. The van der Waals surface area contributed by atoms with Gasteiger partial charge in [0.2, 0.25) is 0 Å². The number of hydrogen-bond donors (Lipinski definition) is 2. The van der Waals surface area contributed by atoms with Crippen molar-refractivity contribution in [2.45, 2.75) is 26.1 Å². The van der Waals surface area contributed by atoms with Gasteiger partial charge in [-0.25, -0.2) is 0 Å². The Kier molecular flexibility index (Phi) is 6.83. The molecule has 0 fully saturated rings. The number of ether oxygens (including phenoxy) is 1. The average Bonchev–Trinajstić information content (AvgIpc) is 2.55. The molecule has 1 amide bonds. The van der Waals surface area contributed by atoms with Crippen LogP contribution in [0.5, 0.6) is 5.75 Å². The first-order valence-electron chi connectivity index (χ1n) is 7.82. The fourth-order valence-electron chi connectivity index (χ4n) is 2.10. The van der Waals surface area contributed by atoms with Gasteiger partial charge in [-0.1, -0.05) is 6.07 Å². The molecule has 0 aromatic heterocycles. The monoisotopic (exact) mass is 460 g/mol. The molecule has 0 aliphatic carbocycles. The van der Waals surface area contributed by atoms with Crippen molar-refractivity contribution in [1.82, 2.24) is 5.32 Å². The normalized spacial score (nSPS) is 11.2. The average molecular weight is 461 g/mol. The topological polar surface area (TPSA) is 50.4 Å². The van der Waals surface area contributed by atoms with E-state index in [0.717, 1.165) is 12.1 Å². The van der Waals surface area contributed by atoms with Gasteiger partial charge in [0.15, 0.2) is 5.11 Å². The highest BCUT2D eigenvalue weighted by Crippen LogP contribution is 2.30. The maximum absolute atomic E-state index is 12.7. The zero-order valence-corrected chi connectivity index (χ0v) is 16.8. The predicted molar refractivity (Wildman–Crippen MR) is 105 cm³/mol. The summed E-state index contributed by atoms with van der Waals surface area (Å²) < 4.78 is 44.4. The van der Waals surface area contributed by atoms with Crippen molar-refractivity contribution in [1.29, 1.82) is 0 Å².